The van der Waals surface area contributed by atoms with E-state index in [0.717, 1.165) is 6.42 Å². The molecule has 2 aromatic rings. The standard InChI is InChI=1S/C8H9ClN4O/c9-4-1-5-12-8(14)3-2-7-11-10-6-13(7)12/h2-3,6H,1,4-5H2. The van der Waals surface area contributed by atoms with E-state index in [1.165, 1.54) is 12.4 Å². The molecular weight excluding hydrogens is 204 g/mol. The van der Waals surface area contributed by atoms with Gasteiger partial charge >= 0.3 is 0 Å². The van der Waals surface area contributed by atoms with Gasteiger partial charge in [-0.05, 0) is 12.5 Å². The van der Waals surface area contributed by atoms with Crippen molar-refractivity contribution in [3.8, 4) is 0 Å². The Morgan fingerprint density at radius 3 is 3.07 bits per heavy atom. The monoisotopic (exact) mass is 212 g/mol. The molecule has 0 saturated heterocycles. The average Bonchev–Trinajstić information content (AvgIpc) is 2.64. The summed E-state index contributed by atoms with van der Waals surface area (Å²) in [6, 6.07) is 3.13. The number of rotatable bonds is 3. The highest BCUT2D eigenvalue weighted by atomic mass is 35.5. The summed E-state index contributed by atoms with van der Waals surface area (Å²) in [5.41, 5.74) is 0.599. The number of fused-ring (bicyclic) bond motifs is 1. The maximum atomic E-state index is 11.5. The fraction of sp³-hybridized carbons (Fsp3) is 0.375. The van der Waals surface area contributed by atoms with Crippen molar-refractivity contribution < 1.29 is 0 Å². The molecule has 2 heterocycles. The molecule has 14 heavy (non-hydrogen) atoms. The highest BCUT2D eigenvalue weighted by Crippen LogP contribution is 1.96. The zero-order chi connectivity index (χ0) is 9.97. The van der Waals surface area contributed by atoms with E-state index < -0.39 is 0 Å². The van der Waals surface area contributed by atoms with Gasteiger partial charge in [-0.1, -0.05) is 0 Å². The largest absolute Gasteiger partial charge is 0.268 e. The molecule has 0 unspecified atom stereocenters. The summed E-state index contributed by atoms with van der Waals surface area (Å²) in [7, 11) is 0. The molecule has 2 rings (SSSR count). The molecule has 0 spiro atoms. The van der Waals surface area contributed by atoms with Crippen LogP contribution in [0.3, 0.4) is 0 Å². The summed E-state index contributed by atoms with van der Waals surface area (Å²) in [5, 5.41) is 7.58. The molecule has 0 fully saturated rings. The van der Waals surface area contributed by atoms with Gasteiger partial charge in [-0.3, -0.25) is 4.79 Å². The first kappa shape index (κ1) is 9.21. The number of halogens is 1. The predicted octanol–water partition coefficient (Wildman–Crippen LogP) is 0.520. The summed E-state index contributed by atoms with van der Waals surface area (Å²) in [5.74, 6) is 0.533. The van der Waals surface area contributed by atoms with Gasteiger partial charge in [0.05, 0.1) is 0 Å². The van der Waals surface area contributed by atoms with Crippen LogP contribution >= 0.6 is 11.6 Å². The van der Waals surface area contributed by atoms with Gasteiger partial charge in [0.1, 0.15) is 6.33 Å². The molecule has 74 valence electrons. The lowest BCUT2D eigenvalue weighted by Gasteiger charge is -2.05. The molecule has 6 heteroatoms. The van der Waals surface area contributed by atoms with E-state index in [4.69, 9.17) is 11.6 Å². The maximum Gasteiger partial charge on any atom is 0.265 e. The van der Waals surface area contributed by atoms with Crippen LogP contribution in [-0.2, 0) is 6.54 Å². The maximum absolute atomic E-state index is 11.5. The van der Waals surface area contributed by atoms with E-state index in [-0.39, 0.29) is 5.56 Å². The Morgan fingerprint density at radius 2 is 2.29 bits per heavy atom. The fourth-order valence-corrected chi connectivity index (χ4v) is 1.42. The second-order valence-electron chi connectivity index (χ2n) is 2.87. The molecule has 5 nitrogen and oxygen atoms in total. The molecule has 0 N–H and O–H groups in total. The van der Waals surface area contributed by atoms with Crippen molar-refractivity contribution in [2.45, 2.75) is 13.0 Å². The lowest BCUT2D eigenvalue weighted by molar-refractivity contribution is 0.539. The molecule has 0 aromatic carbocycles. The Labute approximate surface area is 84.9 Å². The zero-order valence-corrected chi connectivity index (χ0v) is 8.18. The second kappa shape index (κ2) is 3.79. The lowest BCUT2D eigenvalue weighted by atomic mass is 10.4. The first-order valence-electron chi connectivity index (χ1n) is 4.29. The summed E-state index contributed by atoms with van der Waals surface area (Å²) in [4.78, 5) is 11.5. The predicted molar refractivity (Wildman–Crippen MR) is 52.6 cm³/mol. The Balaban J connectivity index is 2.53. The van der Waals surface area contributed by atoms with Crippen molar-refractivity contribution in [1.29, 1.82) is 0 Å². The van der Waals surface area contributed by atoms with Crippen LogP contribution in [0.15, 0.2) is 23.3 Å². The summed E-state index contributed by atoms with van der Waals surface area (Å²) < 4.78 is 3.20. The van der Waals surface area contributed by atoms with Crippen LogP contribution in [-0.4, -0.2) is 25.3 Å². The van der Waals surface area contributed by atoms with Crippen LogP contribution in [0, 0.1) is 0 Å². The van der Waals surface area contributed by atoms with Crippen LogP contribution in [0.4, 0.5) is 0 Å². The van der Waals surface area contributed by atoms with E-state index >= 15 is 0 Å². The molecular formula is C8H9ClN4O. The topological polar surface area (TPSA) is 52.2 Å². The van der Waals surface area contributed by atoms with Gasteiger partial charge in [0.2, 0.25) is 0 Å². The lowest BCUT2D eigenvalue weighted by Crippen LogP contribution is -2.25. The molecule has 0 radical (unpaired) electrons. The third kappa shape index (κ3) is 1.50. The van der Waals surface area contributed by atoms with Crippen molar-refractivity contribution in [3.05, 3.63) is 28.8 Å². The third-order valence-corrected chi connectivity index (χ3v) is 2.22. The number of hydrogen-bond acceptors (Lipinski definition) is 3. The van der Waals surface area contributed by atoms with Gasteiger partial charge in [0.15, 0.2) is 5.65 Å². The highest BCUT2D eigenvalue weighted by Gasteiger charge is 2.02. The molecule has 2 aromatic heterocycles. The number of hydrogen-bond donors (Lipinski definition) is 0. The van der Waals surface area contributed by atoms with E-state index in [1.807, 2.05) is 0 Å². The van der Waals surface area contributed by atoms with Crippen LogP contribution < -0.4 is 5.56 Å². The van der Waals surface area contributed by atoms with Crippen LogP contribution in [0.25, 0.3) is 5.65 Å². The molecule has 0 atom stereocenters. The van der Waals surface area contributed by atoms with Gasteiger partial charge in [-0.2, -0.15) is 0 Å². The minimum absolute atomic E-state index is 0.0672. The number of aryl methyl sites for hydroxylation is 1. The smallest absolute Gasteiger partial charge is 0.265 e. The third-order valence-electron chi connectivity index (χ3n) is 1.95. The molecule has 0 bridgehead atoms. The number of aromatic nitrogens is 4. The normalized spacial score (nSPS) is 10.9. The van der Waals surface area contributed by atoms with Crippen LogP contribution in [0.2, 0.25) is 0 Å². The van der Waals surface area contributed by atoms with Gasteiger partial charge in [-0.15, -0.1) is 21.8 Å². The van der Waals surface area contributed by atoms with Crippen molar-refractivity contribution in [2.75, 3.05) is 5.88 Å². The zero-order valence-electron chi connectivity index (χ0n) is 7.43. The Bertz CT molecular complexity index is 489. The number of alkyl halides is 1. The van der Waals surface area contributed by atoms with E-state index in [1.54, 1.807) is 15.3 Å². The van der Waals surface area contributed by atoms with Crippen LogP contribution in [0.1, 0.15) is 6.42 Å². The first-order valence-corrected chi connectivity index (χ1v) is 4.82. The quantitative estimate of drug-likeness (QED) is 0.697. The molecule has 0 aliphatic carbocycles. The summed E-state index contributed by atoms with van der Waals surface area (Å²) >= 11 is 5.57. The molecule has 0 aliphatic rings. The van der Waals surface area contributed by atoms with Crippen LogP contribution in [0.5, 0.6) is 0 Å². The van der Waals surface area contributed by atoms with Crippen molar-refractivity contribution >= 4 is 17.2 Å². The minimum Gasteiger partial charge on any atom is -0.268 e. The van der Waals surface area contributed by atoms with Crippen molar-refractivity contribution in [1.82, 2.24) is 19.4 Å². The number of nitrogens with zero attached hydrogens (tertiary/aromatic N) is 4. The minimum atomic E-state index is -0.0672. The van der Waals surface area contributed by atoms with E-state index in [0.29, 0.717) is 18.1 Å². The Kier molecular flexibility index (Phi) is 2.49. The molecule has 0 amide bonds. The van der Waals surface area contributed by atoms with Gasteiger partial charge < -0.3 is 0 Å². The Morgan fingerprint density at radius 1 is 1.43 bits per heavy atom. The molecule has 0 aliphatic heterocycles. The van der Waals surface area contributed by atoms with E-state index in [2.05, 4.69) is 10.2 Å². The SMILES string of the molecule is O=c1ccc2nncn2n1CCCCl. The summed E-state index contributed by atoms with van der Waals surface area (Å²) in [6.45, 7) is 0.581. The van der Waals surface area contributed by atoms with Gasteiger partial charge in [-0.25, -0.2) is 9.20 Å². The fourth-order valence-electron chi connectivity index (χ4n) is 1.30. The van der Waals surface area contributed by atoms with E-state index in [9.17, 15) is 4.79 Å². The summed E-state index contributed by atoms with van der Waals surface area (Å²) in [6.07, 6.45) is 2.27. The second-order valence-corrected chi connectivity index (χ2v) is 3.25. The van der Waals surface area contributed by atoms with Gasteiger partial charge in [0, 0.05) is 18.5 Å². The van der Waals surface area contributed by atoms with Crippen molar-refractivity contribution in [3.63, 3.8) is 0 Å². The average molecular weight is 213 g/mol. The molecule has 0 saturated carbocycles. The Hall–Kier alpha value is -1.36. The van der Waals surface area contributed by atoms with Crippen molar-refractivity contribution in [2.24, 2.45) is 0 Å². The van der Waals surface area contributed by atoms with Gasteiger partial charge in [0.25, 0.3) is 5.56 Å². The first-order chi connectivity index (χ1) is 6.83. The highest BCUT2D eigenvalue weighted by molar-refractivity contribution is 6.17.